The lowest BCUT2D eigenvalue weighted by Gasteiger charge is -2.00. The number of ether oxygens (including phenoxy) is 2. The van der Waals surface area contributed by atoms with Gasteiger partial charge in [-0.1, -0.05) is 6.07 Å². The number of hydrogen-bond donors (Lipinski definition) is 1. The molecule has 4 nitrogen and oxygen atoms in total. The van der Waals surface area contributed by atoms with Crippen LogP contribution in [-0.4, -0.2) is 11.1 Å². The van der Waals surface area contributed by atoms with Gasteiger partial charge >= 0.3 is 5.97 Å². The van der Waals surface area contributed by atoms with E-state index in [0.29, 0.717) is 11.5 Å². The van der Waals surface area contributed by atoms with Crippen LogP contribution < -0.4 is 4.74 Å². The molecule has 1 aromatic carbocycles. The molecule has 0 bridgehead atoms. The van der Waals surface area contributed by atoms with E-state index in [-0.39, 0.29) is 11.5 Å². The number of esters is 1. The lowest BCUT2D eigenvalue weighted by Crippen LogP contribution is -2.05. The normalized spacial score (nSPS) is 13.5. The van der Waals surface area contributed by atoms with E-state index in [4.69, 9.17) is 14.6 Å². The quantitative estimate of drug-likeness (QED) is 0.570. The first-order valence-corrected chi connectivity index (χ1v) is 4.07. The number of phenolic OH excluding ortho intramolecular Hbond substituents is 1. The smallest absolute Gasteiger partial charge is 0.383 e. The maximum absolute atomic E-state index is 11.2. The van der Waals surface area contributed by atoms with E-state index >= 15 is 0 Å². The number of phenols is 1. The van der Waals surface area contributed by atoms with Gasteiger partial charge in [0.15, 0.2) is 5.76 Å². The second-order valence-electron chi connectivity index (χ2n) is 2.87. The largest absolute Gasteiger partial charge is 0.508 e. The Morgan fingerprint density at radius 3 is 2.79 bits per heavy atom. The van der Waals surface area contributed by atoms with Crippen LogP contribution in [0.25, 0.3) is 0 Å². The van der Waals surface area contributed by atoms with Gasteiger partial charge in [-0.25, -0.2) is 4.79 Å². The molecular formula is C10H8O4. The molecule has 0 aliphatic carbocycles. The Labute approximate surface area is 80.4 Å². The first kappa shape index (κ1) is 8.62. The van der Waals surface area contributed by atoms with Crippen molar-refractivity contribution in [1.29, 1.82) is 0 Å². The summed E-state index contributed by atoms with van der Waals surface area (Å²) in [6.07, 6.45) is 0. The molecule has 0 saturated heterocycles. The molecule has 4 heteroatoms. The van der Waals surface area contributed by atoms with E-state index in [9.17, 15) is 4.79 Å². The number of hydrogen-bond acceptors (Lipinski definition) is 4. The Balaban J connectivity index is 2.08. The molecule has 1 aromatic rings. The minimum Gasteiger partial charge on any atom is -0.508 e. The second-order valence-corrected chi connectivity index (χ2v) is 2.87. The Bertz CT molecular complexity index is 420. The van der Waals surface area contributed by atoms with Crippen LogP contribution >= 0.6 is 0 Å². The Morgan fingerprint density at radius 1 is 1.50 bits per heavy atom. The maximum atomic E-state index is 11.2. The molecule has 0 aromatic heterocycles. The van der Waals surface area contributed by atoms with E-state index in [1.165, 1.54) is 12.1 Å². The standard InChI is InChI=1S/C10H8O4/c1-6-9(13-6)10(12)14-8-4-2-3-7(11)5-8/h2-5,11H,1H3. The van der Waals surface area contributed by atoms with E-state index in [1.54, 1.807) is 19.1 Å². The summed E-state index contributed by atoms with van der Waals surface area (Å²) in [6.45, 7) is 1.68. The van der Waals surface area contributed by atoms with Crippen LogP contribution in [0.5, 0.6) is 11.5 Å². The molecule has 1 N–H and O–H groups in total. The van der Waals surface area contributed by atoms with Crippen molar-refractivity contribution in [3.63, 3.8) is 0 Å². The molecular weight excluding hydrogens is 184 g/mol. The average Bonchev–Trinajstić information content (AvgIpc) is 2.82. The highest BCUT2D eigenvalue weighted by atomic mass is 16.6. The minimum atomic E-state index is -0.534. The summed E-state index contributed by atoms with van der Waals surface area (Å²) in [5.74, 6) is 0.639. The zero-order chi connectivity index (χ0) is 10.1. The third kappa shape index (κ3) is 1.69. The van der Waals surface area contributed by atoms with E-state index in [2.05, 4.69) is 0 Å². The van der Waals surface area contributed by atoms with Crippen molar-refractivity contribution in [2.24, 2.45) is 0 Å². The third-order valence-electron chi connectivity index (χ3n) is 1.75. The molecule has 72 valence electrons. The molecule has 0 unspecified atom stereocenters. The lowest BCUT2D eigenvalue weighted by molar-refractivity contribution is -0.131. The number of benzene rings is 1. The van der Waals surface area contributed by atoms with Crippen LogP contribution in [-0.2, 0) is 9.53 Å². The van der Waals surface area contributed by atoms with Crippen molar-refractivity contribution < 1.29 is 19.4 Å². The van der Waals surface area contributed by atoms with Crippen molar-refractivity contribution in [2.45, 2.75) is 6.92 Å². The summed E-state index contributed by atoms with van der Waals surface area (Å²) >= 11 is 0. The summed E-state index contributed by atoms with van der Waals surface area (Å²) in [5, 5.41) is 9.10. The lowest BCUT2D eigenvalue weighted by atomic mass is 10.3. The van der Waals surface area contributed by atoms with Crippen molar-refractivity contribution in [1.82, 2.24) is 0 Å². The van der Waals surface area contributed by atoms with Gasteiger partial charge < -0.3 is 14.6 Å². The summed E-state index contributed by atoms with van der Waals surface area (Å²) in [6, 6.07) is 6.02. The number of carbonyl (C=O) groups is 1. The summed E-state index contributed by atoms with van der Waals surface area (Å²) in [7, 11) is 0. The zero-order valence-electron chi connectivity index (χ0n) is 7.48. The van der Waals surface area contributed by atoms with E-state index in [0.717, 1.165) is 0 Å². The average molecular weight is 192 g/mol. The summed E-state index contributed by atoms with van der Waals surface area (Å²) < 4.78 is 9.69. The van der Waals surface area contributed by atoms with Crippen molar-refractivity contribution in [3.05, 3.63) is 35.8 Å². The predicted octanol–water partition coefficient (Wildman–Crippen LogP) is 1.56. The Hall–Kier alpha value is -1.97. The molecule has 1 heterocycles. The van der Waals surface area contributed by atoms with Gasteiger partial charge in [0.2, 0.25) is 5.76 Å². The fraction of sp³-hybridized carbons (Fsp3) is 0.100. The highest BCUT2D eigenvalue weighted by Crippen LogP contribution is 2.27. The van der Waals surface area contributed by atoms with Crippen LogP contribution in [0.15, 0.2) is 35.8 Å². The van der Waals surface area contributed by atoms with Gasteiger partial charge in [-0.05, 0) is 19.1 Å². The Morgan fingerprint density at radius 2 is 2.21 bits per heavy atom. The summed E-state index contributed by atoms with van der Waals surface area (Å²) in [4.78, 5) is 11.2. The highest BCUT2D eigenvalue weighted by Gasteiger charge is 2.30. The molecule has 0 amide bonds. The molecule has 0 spiro atoms. The number of aromatic hydroxyl groups is 1. The molecule has 0 radical (unpaired) electrons. The van der Waals surface area contributed by atoms with Gasteiger partial charge in [0.1, 0.15) is 11.5 Å². The third-order valence-corrected chi connectivity index (χ3v) is 1.75. The first-order chi connectivity index (χ1) is 6.66. The molecule has 2 rings (SSSR count). The fourth-order valence-electron chi connectivity index (χ4n) is 1.01. The fourth-order valence-corrected chi connectivity index (χ4v) is 1.01. The molecule has 14 heavy (non-hydrogen) atoms. The second kappa shape index (κ2) is 3.06. The van der Waals surface area contributed by atoms with Crippen LogP contribution in [0.1, 0.15) is 6.92 Å². The van der Waals surface area contributed by atoms with Gasteiger partial charge in [-0.2, -0.15) is 0 Å². The van der Waals surface area contributed by atoms with E-state index < -0.39 is 5.97 Å². The van der Waals surface area contributed by atoms with Crippen LogP contribution in [0.4, 0.5) is 0 Å². The van der Waals surface area contributed by atoms with Crippen molar-refractivity contribution >= 4 is 5.97 Å². The SMILES string of the molecule is CC1=C(C(=O)Oc2cccc(O)c2)O1. The van der Waals surface area contributed by atoms with Crippen LogP contribution in [0, 0.1) is 0 Å². The number of rotatable bonds is 2. The highest BCUT2D eigenvalue weighted by molar-refractivity contribution is 5.91. The minimum absolute atomic E-state index is 0.0534. The molecule has 0 saturated carbocycles. The van der Waals surface area contributed by atoms with Crippen LogP contribution in [0.2, 0.25) is 0 Å². The number of allylic oxidation sites excluding steroid dienone is 1. The molecule has 1 aliphatic rings. The van der Waals surface area contributed by atoms with E-state index in [1.807, 2.05) is 0 Å². The zero-order valence-corrected chi connectivity index (χ0v) is 7.48. The first-order valence-electron chi connectivity index (χ1n) is 4.07. The van der Waals surface area contributed by atoms with Crippen LogP contribution in [0.3, 0.4) is 0 Å². The van der Waals surface area contributed by atoms with Gasteiger partial charge in [0.25, 0.3) is 0 Å². The predicted molar refractivity (Wildman–Crippen MR) is 47.5 cm³/mol. The Kier molecular flexibility index (Phi) is 1.89. The number of carbonyl (C=O) groups excluding carboxylic acids is 1. The molecule has 0 fully saturated rings. The van der Waals surface area contributed by atoms with Gasteiger partial charge in [-0.15, -0.1) is 0 Å². The molecule has 0 atom stereocenters. The monoisotopic (exact) mass is 192 g/mol. The van der Waals surface area contributed by atoms with Crippen molar-refractivity contribution in [3.8, 4) is 11.5 Å². The summed E-state index contributed by atoms with van der Waals surface area (Å²) in [5.41, 5.74) is 0. The van der Waals surface area contributed by atoms with Gasteiger partial charge in [-0.3, -0.25) is 0 Å². The van der Waals surface area contributed by atoms with Gasteiger partial charge in [0.05, 0.1) is 0 Å². The topological polar surface area (TPSA) is 59.1 Å². The maximum Gasteiger partial charge on any atom is 0.383 e. The van der Waals surface area contributed by atoms with Crippen molar-refractivity contribution in [2.75, 3.05) is 0 Å². The van der Waals surface area contributed by atoms with Gasteiger partial charge in [0, 0.05) is 6.07 Å². The molecule has 1 aliphatic heterocycles.